The molecule has 0 saturated carbocycles. The van der Waals surface area contributed by atoms with Crippen molar-refractivity contribution in [2.45, 2.75) is 38.8 Å². The molecule has 0 aromatic carbocycles. The summed E-state index contributed by atoms with van der Waals surface area (Å²) < 4.78 is 7.43. The zero-order valence-corrected chi connectivity index (χ0v) is 9.76. The average Bonchev–Trinajstić information content (AvgIpc) is 2.78. The first-order valence-electron chi connectivity index (χ1n) is 5.73. The van der Waals surface area contributed by atoms with Gasteiger partial charge in [-0.15, -0.1) is 0 Å². The summed E-state index contributed by atoms with van der Waals surface area (Å²) >= 11 is 0. The Bertz CT molecular complexity index is 382. The van der Waals surface area contributed by atoms with Crippen molar-refractivity contribution in [3.63, 3.8) is 0 Å². The minimum atomic E-state index is -0.690. The normalized spacial score (nSPS) is 18.1. The second kappa shape index (κ2) is 4.70. The largest absolute Gasteiger partial charge is 0.495 e. The summed E-state index contributed by atoms with van der Waals surface area (Å²) in [5.74, 6) is 0.661. The minimum absolute atomic E-state index is 0.288. The van der Waals surface area contributed by atoms with Gasteiger partial charge in [-0.25, -0.2) is 4.98 Å². The van der Waals surface area contributed by atoms with Crippen molar-refractivity contribution >= 4 is 0 Å². The highest BCUT2D eigenvalue weighted by molar-refractivity contribution is 5.16. The number of aliphatic hydroxyl groups excluding tert-OH is 1. The Kier molecular flexibility index (Phi) is 3.29. The van der Waals surface area contributed by atoms with E-state index in [4.69, 9.17) is 4.74 Å². The third-order valence-corrected chi connectivity index (χ3v) is 2.76. The molecule has 1 unspecified atom stereocenters. The molecule has 16 heavy (non-hydrogen) atoms. The molecule has 0 spiro atoms. The van der Waals surface area contributed by atoms with Crippen LogP contribution in [0.4, 0.5) is 0 Å². The third kappa shape index (κ3) is 2.11. The smallest absolute Gasteiger partial charge is 0.152 e. The quantitative estimate of drug-likeness (QED) is 0.852. The fraction of sp³-hybridized carbons (Fsp3) is 0.583. The van der Waals surface area contributed by atoms with Gasteiger partial charge in [0.25, 0.3) is 0 Å². The summed E-state index contributed by atoms with van der Waals surface area (Å²) in [4.78, 5) is 4.08. The Balaban J connectivity index is 2.22. The molecule has 1 aromatic rings. The van der Waals surface area contributed by atoms with Gasteiger partial charge in [-0.3, -0.25) is 0 Å². The molecule has 0 amide bonds. The van der Waals surface area contributed by atoms with Gasteiger partial charge in [0.1, 0.15) is 5.76 Å². The van der Waals surface area contributed by atoms with Gasteiger partial charge in [-0.1, -0.05) is 0 Å². The fourth-order valence-electron chi connectivity index (χ4n) is 1.87. The lowest BCUT2D eigenvalue weighted by atomic mass is 10.1. The number of hydrogen-bond donors (Lipinski definition) is 1. The molecule has 0 saturated heterocycles. The summed E-state index contributed by atoms with van der Waals surface area (Å²) in [5.41, 5.74) is 0.795. The van der Waals surface area contributed by atoms with Crippen molar-refractivity contribution in [2.75, 3.05) is 6.61 Å². The zero-order chi connectivity index (χ0) is 11.5. The summed E-state index contributed by atoms with van der Waals surface area (Å²) in [6.07, 6.45) is 6.72. The van der Waals surface area contributed by atoms with Crippen molar-refractivity contribution in [3.8, 4) is 0 Å². The Hall–Kier alpha value is -1.29. The van der Waals surface area contributed by atoms with Crippen LogP contribution in [0, 0.1) is 0 Å². The lowest BCUT2D eigenvalue weighted by Crippen LogP contribution is -2.14. The van der Waals surface area contributed by atoms with Gasteiger partial charge >= 0.3 is 0 Å². The van der Waals surface area contributed by atoms with Gasteiger partial charge in [0.2, 0.25) is 0 Å². The summed E-state index contributed by atoms with van der Waals surface area (Å²) in [6, 6.07) is 0.288. The molecule has 1 aliphatic heterocycles. The first-order chi connectivity index (χ1) is 7.70. The molecular formula is C12H18N2O2. The first kappa shape index (κ1) is 11.2. The molecule has 2 rings (SSSR count). The van der Waals surface area contributed by atoms with Crippen LogP contribution in [-0.4, -0.2) is 21.3 Å². The fourth-order valence-corrected chi connectivity index (χ4v) is 1.87. The molecule has 2 heterocycles. The van der Waals surface area contributed by atoms with Crippen LogP contribution in [0.2, 0.25) is 0 Å². The van der Waals surface area contributed by atoms with Crippen LogP contribution in [0.1, 0.15) is 44.5 Å². The van der Waals surface area contributed by atoms with Gasteiger partial charge in [0.15, 0.2) is 6.10 Å². The monoisotopic (exact) mass is 222 g/mol. The number of imidazole rings is 1. The molecule has 4 heteroatoms. The number of allylic oxidation sites excluding steroid dienone is 1. The van der Waals surface area contributed by atoms with E-state index in [9.17, 15) is 5.11 Å². The number of nitrogens with zero attached hydrogens (tertiary/aromatic N) is 2. The Morgan fingerprint density at radius 3 is 2.94 bits per heavy atom. The lowest BCUT2D eigenvalue weighted by Gasteiger charge is -2.21. The molecule has 0 fully saturated rings. The van der Waals surface area contributed by atoms with E-state index < -0.39 is 6.10 Å². The van der Waals surface area contributed by atoms with Gasteiger partial charge in [-0.2, -0.15) is 0 Å². The van der Waals surface area contributed by atoms with Gasteiger partial charge in [0.05, 0.1) is 24.8 Å². The highest BCUT2D eigenvalue weighted by atomic mass is 16.5. The minimum Gasteiger partial charge on any atom is -0.495 e. The maximum absolute atomic E-state index is 10.2. The molecule has 0 aliphatic carbocycles. The lowest BCUT2D eigenvalue weighted by molar-refractivity contribution is 0.0867. The van der Waals surface area contributed by atoms with Gasteiger partial charge < -0.3 is 14.4 Å². The molecule has 0 radical (unpaired) electrons. The Morgan fingerprint density at radius 1 is 1.50 bits per heavy atom. The standard InChI is InChI=1S/C12H18N2O2/c1-9(2)14-8-13-7-10(14)12(15)11-5-3-4-6-16-11/h5,7-9,12,15H,3-4,6H2,1-2H3. The predicted octanol–water partition coefficient (Wildman–Crippen LogP) is 2.19. The van der Waals surface area contributed by atoms with Crippen molar-refractivity contribution in [1.82, 2.24) is 9.55 Å². The molecule has 0 bridgehead atoms. The van der Waals surface area contributed by atoms with Crippen molar-refractivity contribution in [3.05, 3.63) is 30.1 Å². The van der Waals surface area contributed by atoms with E-state index in [2.05, 4.69) is 18.8 Å². The molecular weight excluding hydrogens is 204 g/mol. The van der Waals surface area contributed by atoms with Crippen molar-refractivity contribution < 1.29 is 9.84 Å². The highest BCUT2D eigenvalue weighted by Crippen LogP contribution is 2.27. The van der Waals surface area contributed by atoms with E-state index >= 15 is 0 Å². The Labute approximate surface area is 95.6 Å². The third-order valence-electron chi connectivity index (χ3n) is 2.76. The molecule has 88 valence electrons. The molecule has 1 atom stereocenters. The van der Waals surface area contributed by atoms with Gasteiger partial charge in [0, 0.05) is 6.04 Å². The van der Waals surface area contributed by atoms with Crippen LogP contribution in [0.25, 0.3) is 0 Å². The van der Waals surface area contributed by atoms with E-state index in [0.717, 1.165) is 18.5 Å². The predicted molar refractivity (Wildman–Crippen MR) is 60.8 cm³/mol. The molecule has 4 nitrogen and oxygen atoms in total. The van der Waals surface area contributed by atoms with E-state index in [-0.39, 0.29) is 6.04 Å². The van der Waals surface area contributed by atoms with Crippen LogP contribution in [0.15, 0.2) is 24.4 Å². The summed E-state index contributed by atoms with van der Waals surface area (Å²) in [5, 5.41) is 10.2. The molecule has 1 aromatic heterocycles. The van der Waals surface area contributed by atoms with Crippen LogP contribution >= 0.6 is 0 Å². The second-order valence-corrected chi connectivity index (χ2v) is 4.32. The number of aliphatic hydroxyl groups is 1. The van der Waals surface area contributed by atoms with Crippen LogP contribution in [0.5, 0.6) is 0 Å². The highest BCUT2D eigenvalue weighted by Gasteiger charge is 2.21. The maximum atomic E-state index is 10.2. The second-order valence-electron chi connectivity index (χ2n) is 4.32. The number of rotatable bonds is 3. The number of ether oxygens (including phenoxy) is 1. The van der Waals surface area contributed by atoms with Crippen LogP contribution in [-0.2, 0) is 4.74 Å². The number of hydrogen-bond acceptors (Lipinski definition) is 3. The van der Waals surface area contributed by atoms with E-state index in [0.29, 0.717) is 12.4 Å². The van der Waals surface area contributed by atoms with Crippen molar-refractivity contribution in [1.29, 1.82) is 0 Å². The maximum Gasteiger partial charge on any atom is 0.152 e. The average molecular weight is 222 g/mol. The summed E-state index contributed by atoms with van der Waals surface area (Å²) in [6.45, 7) is 4.82. The van der Waals surface area contributed by atoms with E-state index in [1.165, 1.54) is 0 Å². The van der Waals surface area contributed by atoms with Gasteiger partial charge in [-0.05, 0) is 32.8 Å². The molecule has 1 aliphatic rings. The summed E-state index contributed by atoms with van der Waals surface area (Å²) in [7, 11) is 0. The first-order valence-corrected chi connectivity index (χ1v) is 5.73. The van der Waals surface area contributed by atoms with E-state index in [1.54, 1.807) is 12.5 Å². The van der Waals surface area contributed by atoms with E-state index in [1.807, 2.05) is 10.6 Å². The van der Waals surface area contributed by atoms with Crippen molar-refractivity contribution in [2.24, 2.45) is 0 Å². The Morgan fingerprint density at radius 2 is 2.31 bits per heavy atom. The van der Waals surface area contributed by atoms with Crippen LogP contribution in [0.3, 0.4) is 0 Å². The number of aromatic nitrogens is 2. The topological polar surface area (TPSA) is 47.3 Å². The van der Waals surface area contributed by atoms with Crippen LogP contribution < -0.4 is 0 Å². The SMILES string of the molecule is CC(C)n1cncc1C(O)C1=CCCCO1. The zero-order valence-electron chi connectivity index (χ0n) is 9.76. The molecule has 1 N–H and O–H groups in total.